The summed E-state index contributed by atoms with van der Waals surface area (Å²) in [5, 5.41) is 4.08. The van der Waals surface area contributed by atoms with Gasteiger partial charge in [-0.05, 0) is 31.5 Å². The molecule has 3 atom stereocenters. The first kappa shape index (κ1) is 19.3. The van der Waals surface area contributed by atoms with Crippen LogP contribution in [0.15, 0.2) is 5.16 Å². The first-order valence-electron chi connectivity index (χ1n) is 7.86. The van der Waals surface area contributed by atoms with E-state index < -0.39 is 14.4 Å². The summed E-state index contributed by atoms with van der Waals surface area (Å²) in [5.74, 6) is 0.190. The van der Waals surface area contributed by atoms with Crippen molar-refractivity contribution in [1.82, 2.24) is 0 Å². The van der Waals surface area contributed by atoms with Gasteiger partial charge in [0.1, 0.15) is 13.2 Å². The molecule has 0 aromatic heterocycles. The lowest BCUT2D eigenvalue weighted by Gasteiger charge is -2.43. The Morgan fingerprint density at radius 2 is 1.86 bits per heavy atom. The Hall–Kier alpha value is -0.723. The summed E-state index contributed by atoms with van der Waals surface area (Å²) in [7, 11) is 1.12. The number of nitrogens with zero attached hydrogens (tertiary/aromatic N) is 1. The van der Waals surface area contributed by atoms with Gasteiger partial charge in [0.2, 0.25) is 0 Å². The van der Waals surface area contributed by atoms with E-state index in [1.54, 1.807) is 7.11 Å². The van der Waals surface area contributed by atoms with E-state index in [9.17, 15) is 4.79 Å². The van der Waals surface area contributed by atoms with E-state index in [2.05, 4.69) is 39.0 Å². The van der Waals surface area contributed by atoms with Gasteiger partial charge in [0.25, 0.3) is 0 Å². The van der Waals surface area contributed by atoms with Gasteiger partial charge in [0.05, 0.1) is 11.8 Å². The van der Waals surface area contributed by atoms with Gasteiger partial charge in [0.15, 0.2) is 14.1 Å². The molecule has 1 aliphatic rings. The standard InChI is InChI=1S/C16H31NO4Si/c1-11(17-20-6)12-9-10-13(18)15(14(12)19-5)21-22(7,8)16(2,3)4/h12,14-15H,9-10H2,1-8H3/b17-11+/t12-,14-,15-/m1/s1. The second kappa shape index (κ2) is 7.23. The Kier molecular flexibility index (Phi) is 6.35. The Balaban J connectivity index is 3.04. The van der Waals surface area contributed by atoms with Crippen LogP contribution < -0.4 is 0 Å². The minimum Gasteiger partial charge on any atom is -0.404 e. The van der Waals surface area contributed by atoms with E-state index in [1.165, 1.54) is 7.11 Å². The van der Waals surface area contributed by atoms with Gasteiger partial charge >= 0.3 is 0 Å². The molecule has 0 aromatic rings. The highest BCUT2D eigenvalue weighted by molar-refractivity contribution is 6.74. The largest absolute Gasteiger partial charge is 0.404 e. The van der Waals surface area contributed by atoms with Crippen LogP contribution in [0.4, 0.5) is 0 Å². The van der Waals surface area contributed by atoms with Gasteiger partial charge in [-0.3, -0.25) is 4.79 Å². The van der Waals surface area contributed by atoms with Crippen molar-refractivity contribution in [2.45, 2.75) is 70.9 Å². The third-order valence-corrected chi connectivity index (χ3v) is 9.44. The molecule has 22 heavy (non-hydrogen) atoms. The molecule has 0 saturated heterocycles. The second-order valence-electron chi connectivity index (χ2n) is 7.53. The molecule has 1 fully saturated rings. The Bertz CT molecular complexity index is 428. The average molecular weight is 330 g/mol. The number of oxime groups is 1. The minimum absolute atomic E-state index is 0.0498. The molecule has 1 rings (SSSR count). The molecular formula is C16H31NO4Si. The number of hydrogen-bond donors (Lipinski definition) is 0. The number of carbonyl (C=O) groups is 1. The van der Waals surface area contributed by atoms with Crippen LogP contribution in [0.5, 0.6) is 0 Å². The number of ether oxygens (including phenoxy) is 1. The fourth-order valence-corrected chi connectivity index (χ4v) is 3.83. The van der Waals surface area contributed by atoms with Gasteiger partial charge in [-0.15, -0.1) is 0 Å². The lowest BCUT2D eigenvalue weighted by Crippen LogP contribution is -2.55. The van der Waals surface area contributed by atoms with Crippen LogP contribution in [0.2, 0.25) is 18.1 Å². The van der Waals surface area contributed by atoms with E-state index in [0.29, 0.717) is 6.42 Å². The maximum absolute atomic E-state index is 12.4. The van der Waals surface area contributed by atoms with Crippen molar-refractivity contribution in [2.24, 2.45) is 11.1 Å². The normalized spacial score (nSPS) is 27.9. The third-order valence-electron chi connectivity index (χ3n) is 4.99. The molecule has 0 heterocycles. The van der Waals surface area contributed by atoms with Crippen molar-refractivity contribution in [2.75, 3.05) is 14.2 Å². The summed E-state index contributed by atoms with van der Waals surface area (Å²) < 4.78 is 12.0. The van der Waals surface area contributed by atoms with Gasteiger partial charge in [0, 0.05) is 19.4 Å². The van der Waals surface area contributed by atoms with Crippen LogP contribution in [0, 0.1) is 5.92 Å². The summed E-state index contributed by atoms with van der Waals surface area (Å²) in [6, 6.07) is 0. The van der Waals surface area contributed by atoms with Crippen LogP contribution in [0.3, 0.4) is 0 Å². The highest BCUT2D eigenvalue weighted by atomic mass is 28.4. The lowest BCUT2D eigenvalue weighted by molar-refractivity contribution is -0.139. The molecule has 0 bridgehead atoms. The van der Waals surface area contributed by atoms with Crippen LogP contribution in [0.25, 0.3) is 0 Å². The predicted molar refractivity (Wildman–Crippen MR) is 90.7 cm³/mol. The lowest BCUT2D eigenvalue weighted by atomic mass is 9.81. The summed E-state index contributed by atoms with van der Waals surface area (Å²) >= 11 is 0. The fourth-order valence-electron chi connectivity index (χ4n) is 2.57. The molecule has 0 amide bonds. The maximum Gasteiger partial charge on any atom is 0.193 e. The van der Waals surface area contributed by atoms with Crippen molar-refractivity contribution in [3.8, 4) is 0 Å². The summed E-state index contributed by atoms with van der Waals surface area (Å²) in [6.45, 7) is 12.7. The van der Waals surface area contributed by atoms with Crippen molar-refractivity contribution in [3.05, 3.63) is 0 Å². The van der Waals surface area contributed by atoms with Crippen molar-refractivity contribution in [3.63, 3.8) is 0 Å². The fraction of sp³-hybridized carbons (Fsp3) is 0.875. The molecule has 0 N–H and O–H groups in total. The summed E-state index contributed by atoms with van der Waals surface area (Å²) in [4.78, 5) is 17.3. The van der Waals surface area contributed by atoms with E-state index in [4.69, 9.17) is 14.0 Å². The Labute approximate surface area is 135 Å². The highest BCUT2D eigenvalue weighted by Crippen LogP contribution is 2.40. The second-order valence-corrected chi connectivity index (χ2v) is 12.3. The molecule has 0 aromatic carbocycles. The predicted octanol–water partition coefficient (Wildman–Crippen LogP) is 3.39. The van der Waals surface area contributed by atoms with Crippen LogP contribution in [-0.4, -0.2) is 46.2 Å². The first-order valence-corrected chi connectivity index (χ1v) is 10.8. The third kappa shape index (κ3) is 4.17. The number of hydrogen-bond acceptors (Lipinski definition) is 5. The molecule has 1 saturated carbocycles. The van der Waals surface area contributed by atoms with E-state index in [1.807, 2.05) is 6.92 Å². The minimum atomic E-state index is -2.05. The zero-order valence-corrected chi connectivity index (χ0v) is 16.2. The van der Waals surface area contributed by atoms with Crippen molar-refractivity contribution >= 4 is 19.8 Å². The van der Waals surface area contributed by atoms with Gasteiger partial charge in [-0.2, -0.15) is 0 Å². The number of Topliss-reactive ketones (excluding diaryl/α,β-unsaturated/α-hetero) is 1. The topological polar surface area (TPSA) is 57.1 Å². The number of rotatable bonds is 5. The average Bonchev–Trinajstić information content (AvgIpc) is 2.39. The summed E-state index contributed by atoms with van der Waals surface area (Å²) in [6.07, 6.45) is 0.425. The Morgan fingerprint density at radius 1 is 1.27 bits per heavy atom. The van der Waals surface area contributed by atoms with Gasteiger partial charge < -0.3 is 14.0 Å². The quantitative estimate of drug-likeness (QED) is 0.441. The number of carbonyl (C=O) groups excluding carboxylic acids is 1. The molecule has 5 nitrogen and oxygen atoms in total. The molecule has 128 valence electrons. The molecule has 1 aliphatic carbocycles. The molecular weight excluding hydrogens is 298 g/mol. The van der Waals surface area contributed by atoms with Crippen molar-refractivity contribution < 1.29 is 18.8 Å². The number of methoxy groups -OCH3 is 1. The van der Waals surface area contributed by atoms with Crippen LogP contribution >= 0.6 is 0 Å². The van der Waals surface area contributed by atoms with Gasteiger partial charge in [-0.1, -0.05) is 25.9 Å². The van der Waals surface area contributed by atoms with Crippen LogP contribution in [-0.2, 0) is 18.8 Å². The smallest absolute Gasteiger partial charge is 0.193 e. The van der Waals surface area contributed by atoms with E-state index >= 15 is 0 Å². The zero-order chi connectivity index (χ0) is 17.1. The monoisotopic (exact) mass is 329 g/mol. The van der Waals surface area contributed by atoms with Crippen LogP contribution in [0.1, 0.15) is 40.5 Å². The SMILES string of the molecule is CO/N=C(\C)[C@H]1CCC(=O)[C@@H](O[Si](C)(C)C(C)(C)C)[C@@H]1OC. The van der Waals surface area contributed by atoms with E-state index in [0.717, 1.165) is 12.1 Å². The Morgan fingerprint density at radius 3 is 2.32 bits per heavy atom. The maximum atomic E-state index is 12.4. The molecule has 0 radical (unpaired) electrons. The van der Waals surface area contributed by atoms with Crippen molar-refractivity contribution in [1.29, 1.82) is 0 Å². The summed E-state index contributed by atoms with van der Waals surface area (Å²) in [5.41, 5.74) is 0.852. The van der Waals surface area contributed by atoms with Gasteiger partial charge in [-0.25, -0.2) is 0 Å². The molecule has 6 heteroatoms. The first-order chi connectivity index (χ1) is 10.0. The molecule has 0 unspecified atom stereocenters. The molecule has 0 aliphatic heterocycles. The zero-order valence-electron chi connectivity index (χ0n) is 15.2. The molecule has 0 spiro atoms. The highest BCUT2D eigenvalue weighted by Gasteiger charge is 2.47. The van der Waals surface area contributed by atoms with E-state index in [-0.39, 0.29) is 22.8 Å². The number of ketones is 1.